The van der Waals surface area contributed by atoms with Crippen LogP contribution in [-0.2, 0) is 9.47 Å². The van der Waals surface area contributed by atoms with Gasteiger partial charge in [-0.1, -0.05) is 6.42 Å². The van der Waals surface area contributed by atoms with Gasteiger partial charge in [-0.2, -0.15) is 0 Å². The third-order valence-corrected chi connectivity index (χ3v) is 5.84. The highest BCUT2D eigenvalue weighted by Gasteiger charge is 2.66. The Labute approximate surface area is 157 Å². The van der Waals surface area contributed by atoms with E-state index in [0.717, 1.165) is 19.1 Å². The van der Waals surface area contributed by atoms with E-state index in [1.165, 1.54) is 25.7 Å². The highest BCUT2D eigenvalue weighted by atomic mass is 127. The molecule has 3 aliphatic rings. The van der Waals surface area contributed by atoms with Crippen LogP contribution in [0.2, 0.25) is 0 Å². The number of ether oxygens (including phenoxy) is 2. The van der Waals surface area contributed by atoms with E-state index < -0.39 is 0 Å². The van der Waals surface area contributed by atoms with Crippen molar-refractivity contribution in [2.45, 2.75) is 64.2 Å². The van der Waals surface area contributed by atoms with Gasteiger partial charge in [-0.15, -0.1) is 24.0 Å². The average Bonchev–Trinajstić information content (AvgIpc) is 2.85. The van der Waals surface area contributed by atoms with E-state index in [1.807, 2.05) is 0 Å². The maximum Gasteiger partial charge on any atom is 0.191 e. The van der Waals surface area contributed by atoms with Gasteiger partial charge in [0, 0.05) is 37.6 Å². The zero-order valence-electron chi connectivity index (χ0n) is 14.9. The lowest BCUT2D eigenvalue weighted by atomic mass is 9.46. The van der Waals surface area contributed by atoms with E-state index in [-0.39, 0.29) is 29.6 Å². The molecule has 1 spiro atoms. The van der Waals surface area contributed by atoms with Crippen LogP contribution in [0.25, 0.3) is 0 Å². The van der Waals surface area contributed by atoms with Crippen LogP contribution in [0.15, 0.2) is 4.99 Å². The summed E-state index contributed by atoms with van der Waals surface area (Å²) in [7, 11) is 1.74. The third kappa shape index (κ3) is 3.49. The molecule has 2 saturated carbocycles. The largest absolute Gasteiger partial charge is 0.377 e. The lowest BCUT2D eigenvalue weighted by molar-refractivity contribution is -0.171. The van der Waals surface area contributed by atoms with Gasteiger partial charge in [-0.3, -0.25) is 4.99 Å². The topological polar surface area (TPSA) is 54.9 Å². The average molecular weight is 437 g/mol. The van der Waals surface area contributed by atoms with E-state index in [2.05, 4.69) is 31.4 Å². The smallest absolute Gasteiger partial charge is 0.191 e. The summed E-state index contributed by atoms with van der Waals surface area (Å²) in [6, 6.07) is 0.525. The molecule has 0 radical (unpaired) electrons. The fourth-order valence-electron chi connectivity index (χ4n) is 4.26. The summed E-state index contributed by atoms with van der Waals surface area (Å²) in [5, 5.41) is 7.11. The molecule has 23 heavy (non-hydrogen) atoms. The van der Waals surface area contributed by atoms with Gasteiger partial charge in [0.15, 0.2) is 5.96 Å². The van der Waals surface area contributed by atoms with Gasteiger partial charge in [0.1, 0.15) is 0 Å². The molecule has 0 aromatic heterocycles. The van der Waals surface area contributed by atoms with Crippen molar-refractivity contribution in [1.29, 1.82) is 0 Å². The number of fused-ring (bicyclic) bond motifs is 2. The number of aliphatic imine (C=N–C) groups is 1. The lowest BCUT2D eigenvalue weighted by Crippen LogP contribution is -2.72. The summed E-state index contributed by atoms with van der Waals surface area (Å²) >= 11 is 0. The predicted octanol–water partition coefficient (Wildman–Crippen LogP) is 2.54. The van der Waals surface area contributed by atoms with Crippen molar-refractivity contribution in [3.63, 3.8) is 0 Å². The molecule has 3 rings (SSSR count). The molecule has 1 saturated heterocycles. The predicted molar refractivity (Wildman–Crippen MR) is 104 cm³/mol. The van der Waals surface area contributed by atoms with Crippen molar-refractivity contribution < 1.29 is 9.47 Å². The van der Waals surface area contributed by atoms with Crippen molar-refractivity contribution in [1.82, 2.24) is 10.6 Å². The van der Waals surface area contributed by atoms with Crippen LogP contribution >= 0.6 is 24.0 Å². The van der Waals surface area contributed by atoms with E-state index >= 15 is 0 Å². The first kappa shape index (κ1) is 19.2. The number of nitrogens with zero attached hydrogens (tertiary/aromatic N) is 1. The number of hydrogen-bond acceptors (Lipinski definition) is 3. The fourth-order valence-corrected chi connectivity index (χ4v) is 4.26. The minimum absolute atomic E-state index is 0. The van der Waals surface area contributed by atoms with Crippen LogP contribution in [0.3, 0.4) is 0 Å². The van der Waals surface area contributed by atoms with Crippen molar-refractivity contribution >= 4 is 29.9 Å². The maximum absolute atomic E-state index is 5.99. The molecule has 0 aromatic carbocycles. The van der Waals surface area contributed by atoms with Crippen molar-refractivity contribution in [2.24, 2.45) is 16.3 Å². The van der Waals surface area contributed by atoms with Crippen molar-refractivity contribution in [3.05, 3.63) is 0 Å². The fraction of sp³-hybridized carbons (Fsp3) is 0.941. The van der Waals surface area contributed by atoms with Crippen molar-refractivity contribution in [2.75, 3.05) is 26.8 Å². The Balaban J connectivity index is 0.00000192. The summed E-state index contributed by atoms with van der Waals surface area (Å²) in [6.07, 6.45) is 5.63. The van der Waals surface area contributed by atoms with Crippen LogP contribution in [0.1, 0.15) is 46.5 Å². The number of rotatable bonds is 5. The van der Waals surface area contributed by atoms with Gasteiger partial charge in [-0.25, -0.2) is 0 Å². The first-order valence-corrected chi connectivity index (χ1v) is 8.74. The van der Waals surface area contributed by atoms with Crippen molar-refractivity contribution in [3.8, 4) is 0 Å². The summed E-state index contributed by atoms with van der Waals surface area (Å²) in [4.78, 5) is 4.74. The first-order valence-electron chi connectivity index (χ1n) is 8.74. The van der Waals surface area contributed by atoms with Gasteiger partial charge >= 0.3 is 0 Å². The Morgan fingerprint density at radius 3 is 2.70 bits per heavy atom. The van der Waals surface area contributed by atoms with Crippen LogP contribution < -0.4 is 10.6 Å². The van der Waals surface area contributed by atoms with E-state index in [9.17, 15) is 0 Å². The van der Waals surface area contributed by atoms with Gasteiger partial charge in [0.25, 0.3) is 0 Å². The molecule has 1 aliphatic heterocycles. The molecule has 0 bridgehead atoms. The molecule has 2 aliphatic carbocycles. The molecule has 3 atom stereocenters. The Hall–Kier alpha value is -0.0800. The second kappa shape index (κ2) is 7.44. The molecule has 5 nitrogen and oxygen atoms in total. The van der Waals surface area contributed by atoms with Gasteiger partial charge in [0.05, 0.1) is 18.2 Å². The minimum atomic E-state index is -0.227. The van der Waals surface area contributed by atoms with Crippen LogP contribution in [0, 0.1) is 11.3 Å². The number of nitrogens with one attached hydrogen (secondary N) is 2. The number of halogens is 1. The highest BCUT2D eigenvalue weighted by Crippen LogP contribution is 2.62. The molecule has 0 amide bonds. The highest BCUT2D eigenvalue weighted by molar-refractivity contribution is 14.0. The summed E-state index contributed by atoms with van der Waals surface area (Å²) < 4.78 is 11.5. The minimum Gasteiger partial charge on any atom is -0.377 e. The molecular formula is C17H32IN3O2. The summed E-state index contributed by atoms with van der Waals surface area (Å²) in [6.45, 7) is 8.71. The van der Waals surface area contributed by atoms with Crippen LogP contribution in [0.5, 0.6) is 0 Å². The molecule has 3 fully saturated rings. The first-order chi connectivity index (χ1) is 10.5. The number of methoxy groups -OCH3 is 1. The molecular weight excluding hydrogens is 405 g/mol. The third-order valence-electron chi connectivity index (χ3n) is 5.84. The summed E-state index contributed by atoms with van der Waals surface area (Å²) in [5.74, 6) is 1.59. The van der Waals surface area contributed by atoms with Gasteiger partial charge in [-0.05, 0) is 40.0 Å². The zero-order chi connectivity index (χ0) is 15.8. The molecule has 0 aromatic rings. The number of hydrogen-bond donors (Lipinski definition) is 2. The molecule has 1 heterocycles. The molecule has 2 N–H and O–H groups in total. The van der Waals surface area contributed by atoms with Gasteiger partial charge in [0.2, 0.25) is 0 Å². The standard InChI is InChI=1S/C17H31N3O2.HI/c1-5-18-15(19-11-16(2,3)21-4)20-13-12-7-10-22-14(12)17(13)8-6-9-17;/h12-14H,5-11H2,1-4H3,(H2,18,19,20);1H. The monoisotopic (exact) mass is 437 g/mol. The van der Waals surface area contributed by atoms with Crippen LogP contribution in [-0.4, -0.2) is 50.5 Å². The maximum atomic E-state index is 5.99. The Morgan fingerprint density at radius 2 is 2.13 bits per heavy atom. The normalized spacial score (nSPS) is 31.7. The lowest BCUT2D eigenvalue weighted by Gasteiger charge is -2.63. The van der Waals surface area contributed by atoms with E-state index in [4.69, 9.17) is 14.5 Å². The second-order valence-electron chi connectivity index (χ2n) is 7.61. The summed E-state index contributed by atoms with van der Waals surface area (Å²) in [5.41, 5.74) is 0.156. The SMILES string of the molecule is CCNC(=NCC(C)(C)OC)NC1C2CCOC2C12CCC2.I. The number of guanidine groups is 1. The molecule has 6 heteroatoms. The van der Waals surface area contributed by atoms with Gasteiger partial charge < -0.3 is 20.1 Å². The van der Waals surface area contributed by atoms with E-state index in [1.54, 1.807) is 7.11 Å². The Bertz CT molecular complexity index is 438. The Morgan fingerprint density at radius 1 is 1.39 bits per heavy atom. The van der Waals surface area contributed by atoms with E-state index in [0.29, 0.717) is 30.0 Å². The second-order valence-corrected chi connectivity index (χ2v) is 7.61. The molecule has 3 unspecified atom stereocenters. The van der Waals surface area contributed by atoms with Crippen LogP contribution in [0.4, 0.5) is 0 Å². The zero-order valence-corrected chi connectivity index (χ0v) is 17.2. The molecule has 134 valence electrons. The Kier molecular flexibility index (Phi) is 6.22. The quantitative estimate of drug-likeness (QED) is 0.395.